The van der Waals surface area contributed by atoms with Crippen LogP contribution in [0.1, 0.15) is 26.3 Å². The van der Waals surface area contributed by atoms with Gasteiger partial charge in [0.1, 0.15) is 0 Å². The van der Waals surface area contributed by atoms with Crippen LogP contribution >= 0.6 is 11.8 Å². The standard InChI is InChI=1S/C17H23NO3S/c1-16(2,3)14-18(12-19)17(11-22-14,15(20)21-4)10-13-8-6-5-7-9-13/h5-9,12,14H,10-11H2,1-4H3/t14-,17-/m1/s1. The number of thioether (sulfide) groups is 1. The van der Waals surface area contributed by atoms with E-state index < -0.39 is 5.54 Å². The van der Waals surface area contributed by atoms with Crippen LogP contribution in [0.15, 0.2) is 30.3 Å². The van der Waals surface area contributed by atoms with Crippen molar-refractivity contribution < 1.29 is 14.3 Å². The van der Waals surface area contributed by atoms with Gasteiger partial charge < -0.3 is 9.64 Å². The van der Waals surface area contributed by atoms with Crippen molar-refractivity contribution in [3.63, 3.8) is 0 Å². The molecule has 5 heteroatoms. The number of hydrogen-bond acceptors (Lipinski definition) is 4. The van der Waals surface area contributed by atoms with Crippen LogP contribution in [-0.4, -0.2) is 41.1 Å². The van der Waals surface area contributed by atoms with Crippen molar-refractivity contribution in [2.24, 2.45) is 5.41 Å². The van der Waals surface area contributed by atoms with Gasteiger partial charge in [0.2, 0.25) is 6.41 Å². The minimum Gasteiger partial charge on any atom is -0.467 e. The van der Waals surface area contributed by atoms with E-state index in [9.17, 15) is 9.59 Å². The lowest BCUT2D eigenvalue weighted by atomic mass is 9.87. The highest BCUT2D eigenvalue weighted by atomic mass is 32.2. The van der Waals surface area contributed by atoms with Crippen LogP contribution in [0.5, 0.6) is 0 Å². The molecule has 0 saturated carbocycles. The molecule has 1 aliphatic rings. The summed E-state index contributed by atoms with van der Waals surface area (Å²) < 4.78 is 5.05. The molecule has 1 amide bonds. The van der Waals surface area contributed by atoms with E-state index >= 15 is 0 Å². The fourth-order valence-electron chi connectivity index (χ4n) is 2.92. The Balaban J connectivity index is 2.42. The minimum atomic E-state index is -0.930. The third-order valence-electron chi connectivity index (χ3n) is 3.99. The summed E-state index contributed by atoms with van der Waals surface area (Å²) in [6.45, 7) is 6.24. The Labute approximate surface area is 136 Å². The molecule has 4 nitrogen and oxygen atoms in total. The molecule has 1 aromatic rings. The van der Waals surface area contributed by atoms with Crippen molar-refractivity contribution >= 4 is 24.1 Å². The average Bonchev–Trinajstić information content (AvgIpc) is 2.87. The topological polar surface area (TPSA) is 46.6 Å². The van der Waals surface area contributed by atoms with Gasteiger partial charge in [0.25, 0.3) is 0 Å². The van der Waals surface area contributed by atoms with Crippen LogP contribution in [0.25, 0.3) is 0 Å². The molecule has 22 heavy (non-hydrogen) atoms. The first kappa shape index (κ1) is 16.9. The fourth-order valence-corrected chi connectivity index (χ4v) is 4.64. The van der Waals surface area contributed by atoms with Crippen molar-refractivity contribution in [2.75, 3.05) is 12.9 Å². The summed E-state index contributed by atoms with van der Waals surface area (Å²) in [5.74, 6) is 0.206. The van der Waals surface area contributed by atoms with Crippen molar-refractivity contribution in [1.29, 1.82) is 0 Å². The predicted octanol–water partition coefficient (Wildman–Crippen LogP) is 2.72. The Kier molecular flexibility index (Phi) is 4.85. The number of rotatable bonds is 4. The molecule has 1 fully saturated rings. The molecule has 0 aromatic heterocycles. The molecule has 0 aliphatic carbocycles. The number of nitrogens with zero attached hydrogens (tertiary/aromatic N) is 1. The van der Waals surface area contributed by atoms with E-state index in [4.69, 9.17) is 4.74 Å². The average molecular weight is 321 g/mol. The summed E-state index contributed by atoms with van der Waals surface area (Å²) >= 11 is 1.65. The van der Waals surface area contributed by atoms with Gasteiger partial charge in [0.15, 0.2) is 5.54 Å². The van der Waals surface area contributed by atoms with Crippen molar-refractivity contribution in [2.45, 2.75) is 38.1 Å². The van der Waals surface area contributed by atoms with Crippen LogP contribution in [0.4, 0.5) is 0 Å². The van der Waals surface area contributed by atoms with Gasteiger partial charge in [-0.2, -0.15) is 0 Å². The number of benzene rings is 1. The molecule has 1 heterocycles. The molecule has 0 spiro atoms. The third-order valence-corrected chi connectivity index (χ3v) is 5.88. The van der Waals surface area contributed by atoms with Gasteiger partial charge in [0, 0.05) is 12.2 Å². The number of esters is 1. The fraction of sp³-hybridized carbons (Fsp3) is 0.529. The second-order valence-corrected chi connectivity index (χ2v) is 7.80. The van der Waals surface area contributed by atoms with Crippen LogP contribution in [0.2, 0.25) is 0 Å². The zero-order chi connectivity index (χ0) is 16.4. The van der Waals surface area contributed by atoms with Gasteiger partial charge in [0.05, 0.1) is 12.5 Å². The van der Waals surface area contributed by atoms with Crippen molar-refractivity contribution in [1.82, 2.24) is 4.90 Å². The first-order valence-corrected chi connectivity index (χ1v) is 8.38. The van der Waals surface area contributed by atoms with Crippen LogP contribution in [0, 0.1) is 5.41 Å². The number of carbonyl (C=O) groups excluding carboxylic acids is 2. The molecule has 0 unspecified atom stereocenters. The Bertz CT molecular complexity index is 541. The molecule has 2 atom stereocenters. The summed E-state index contributed by atoms with van der Waals surface area (Å²) in [6.07, 6.45) is 1.27. The molecular weight excluding hydrogens is 298 g/mol. The molecule has 0 radical (unpaired) electrons. The normalized spacial score (nSPS) is 25.1. The summed E-state index contributed by atoms with van der Waals surface area (Å²) in [6, 6.07) is 9.77. The number of amides is 1. The monoisotopic (exact) mass is 321 g/mol. The SMILES string of the molecule is COC(=O)[C@@]1(Cc2ccccc2)CS[C@H](C(C)(C)C)N1C=O. The van der Waals surface area contributed by atoms with Gasteiger partial charge >= 0.3 is 5.97 Å². The van der Waals surface area contributed by atoms with E-state index in [0.717, 1.165) is 12.0 Å². The molecule has 2 rings (SSSR count). The lowest BCUT2D eigenvalue weighted by molar-refractivity contribution is -0.157. The molecular formula is C17H23NO3S. The lowest BCUT2D eigenvalue weighted by Gasteiger charge is -2.39. The highest BCUT2D eigenvalue weighted by molar-refractivity contribution is 8.00. The number of methoxy groups -OCH3 is 1. The van der Waals surface area contributed by atoms with Crippen LogP contribution in [0.3, 0.4) is 0 Å². The van der Waals surface area contributed by atoms with Crippen molar-refractivity contribution in [3.8, 4) is 0 Å². The molecule has 0 bridgehead atoms. The van der Waals surface area contributed by atoms with Gasteiger partial charge in [-0.15, -0.1) is 11.8 Å². The molecule has 1 saturated heterocycles. The Morgan fingerprint density at radius 1 is 1.41 bits per heavy atom. The van der Waals surface area contributed by atoms with Gasteiger partial charge in [-0.3, -0.25) is 4.79 Å². The second kappa shape index (κ2) is 6.32. The van der Waals surface area contributed by atoms with E-state index in [-0.39, 0.29) is 16.8 Å². The van der Waals surface area contributed by atoms with E-state index in [1.165, 1.54) is 7.11 Å². The number of hydrogen-bond donors (Lipinski definition) is 0. The van der Waals surface area contributed by atoms with E-state index in [1.807, 2.05) is 30.3 Å². The quantitative estimate of drug-likeness (QED) is 0.632. The third kappa shape index (κ3) is 3.00. The second-order valence-electron chi connectivity index (χ2n) is 6.73. The van der Waals surface area contributed by atoms with E-state index in [0.29, 0.717) is 12.2 Å². The summed E-state index contributed by atoms with van der Waals surface area (Å²) in [5.41, 5.74) is -0.0201. The maximum absolute atomic E-state index is 12.5. The predicted molar refractivity (Wildman–Crippen MR) is 88.5 cm³/mol. The number of carbonyl (C=O) groups is 2. The zero-order valence-electron chi connectivity index (χ0n) is 13.5. The van der Waals surface area contributed by atoms with Crippen LogP contribution in [-0.2, 0) is 20.7 Å². The molecule has 1 aliphatic heterocycles. The summed E-state index contributed by atoms with van der Waals surface area (Å²) in [4.78, 5) is 26.0. The number of ether oxygens (including phenoxy) is 1. The Hall–Kier alpha value is -1.49. The van der Waals surface area contributed by atoms with Gasteiger partial charge in [-0.25, -0.2) is 4.79 Å². The van der Waals surface area contributed by atoms with E-state index in [2.05, 4.69) is 20.8 Å². The molecule has 0 N–H and O–H groups in total. The van der Waals surface area contributed by atoms with Crippen LogP contribution < -0.4 is 0 Å². The lowest BCUT2D eigenvalue weighted by Crippen LogP contribution is -2.57. The smallest absolute Gasteiger partial charge is 0.333 e. The van der Waals surface area contributed by atoms with Crippen molar-refractivity contribution in [3.05, 3.63) is 35.9 Å². The first-order chi connectivity index (χ1) is 10.3. The Morgan fingerprint density at radius 3 is 2.55 bits per heavy atom. The highest BCUT2D eigenvalue weighted by Crippen LogP contribution is 2.46. The van der Waals surface area contributed by atoms with Gasteiger partial charge in [-0.05, 0) is 11.0 Å². The van der Waals surface area contributed by atoms with E-state index in [1.54, 1.807) is 16.7 Å². The van der Waals surface area contributed by atoms with Gasteiger partial charge in [-0.1, -0.05) is 51.1 Å². The molecule has 120 valence electrons. The largest absolute Gasteiger partial charge is 0.467 e. The maximum atomic E-state index is 12.5. The first-order valence-electron chi connectivity index (χ1n) is 7.33. The summed E-state index contributed by atoms with van der Waals surface area (Å²) in [7, 11) is 1.38. The Morgan fingerprint density at radius 2 is 2.05 bits per heavy atom. The minimum absolute atomic E-state index is 0.0483. The summed E-state index contributed by atoms with van der Waals surface area (Å²) in [5, 5.41) is -0.0483. The maximum Gasteiger partial charge on any atom is 0.333 e. The zero-order valence-corrected chi connectivity index (χ0v) is 14.4. The highest BCUT2D eigenvalue weighted by Gasteiger charge is 2.55. The molecule has 1 aromatic carbocycles.